The van der Waals surface area contributed by atoms with Crippen LogP contribution in [0.5, 0.6) is 5.75 Å². The van der Waals surface area contributed by atoms with Crippen LogP contribution in [0.1, 0.15) is 12.5 Å². The summed E-state index contributed by atoms with van der Waals surface area (Å²) in [7, 11) is 0. The van der Waals surface area contributed by atoms with Crippen molar-refractivity contribution in [2.75, 3.05) is 4.90 Å². The Kier molecular flexibility index (Phi) is 3.33. The van der Waals surface area contributed by atoms with Gasteiger partial charge >= 0.3 is 5.97 Å². The molecule has 1 aliphatic rings. The van der Waals surface area contributed by atoms with Gasteiger partial charge in [-0.25, -0.2) is 4.79 Å². The monoisotopic (exact) mass is 297 g/mol. The topological polar surface area (TPSA) is 66.8 Å². The van der Waals surface area contributed by atoms with E-state index >= 15 is 0 Å². The number of anilines is 1. The third-order valence-corrected chi connectivity index (χ3v) is 3.72. The Morgan fingerprint density at radius 2 is 1.77 bits per heavy atom. The number of amides is 1. The molecule has 1 N–H and O–H groups in total. The van der Waals surface area contributed by atoms with Crippen LogP contribution in [-0.4, -0.2) is 22.6 Å². The van der Waals surface area contributed by atoms with Gasteiger partial charge in [0.2, 0.25) is 0 Å². The smallest absolute Gasteiger partial charge is 0.357 e. The summed E-state index contributed by atoms with van der Waals surface area (Å²) in [5.41, 5.74) is -0.418. The van der Waals surface area contributed by atoms with Crippen molar-refractivity contribution in [3.05, 3.63) is 60.2 Å². The first-order chi connectivity index (χ1) is 10.5. The number of para-hydroxylation sites is 2. The third-order valence-electron chi connectivity index (χ3n) is 3.72. The van der Waals surface area contributed by atoms with Crippen molar-refractivity contribution < 1.29 is 19.4 Å². The number of aliphatic carboxylic acids is 1. The van der Waals surface area contributed by atoms with Gasteiger partial charge in [-0.2, -0.15) is 0 Å². The van der Waals surface area contributed by atoms with Crippen LogP contribution in [-0.2, 0) is 16.1 Å². The molecule has 0 saturated heterocycles. The Bertz CT molecular complexity index is 728. The maximum Gasteiger partial charge on any atom is 0.357 e. The first kappa shape index (κ1) is 14.1. The van der Waals surface area contributed by atoms with Crippen LogP contribution >= 0.6 is 0 Å². The van der Waals surface area contributed by atoms with E-state index in [1.165, 1.54) is 11.8 Å². The number of ether oxygens (including phenoxy) is 1. The molecule has 0 spiro atoms. The normalized spacial score (nSPS) is 20.2. The number of rotatable bonds is 3. The highest BCUT2D eigenvalue weighted by atomic mass is 16.5. The van der Waals surface area contributed by atoms with Crippen LogP contribution in [0.25, 0.3) is 0 Å². The van der Waals surface area contributed by atoms with Crippen LogP contribution in [0.3, 0.4) is 0 Å². The number of carbonyl (C=O) groups is 2. The molecular weight excluding hydrogens is 282 g/mol. The third kappa shape index (κ3) is 2.20. The minimum absolute atomic E-state index is 0.295. The molecule has 3 rings (SSSR count). The summed E-state index contributed by atoms with van der Waals surface area (Å²) in [6, 6.07) is 16.4. The minimum atomic E-state index is -1.91. The van der Waals surface area contributed by atoms with E-state index in [9.17, 15) is 14.7 Å². The van der Waals surface area contributed by atoms with Gasteiger partial charge in [0.25, 0.3) is 11.5 Å². The predicted octanol–water partition coefficient (Wildman–Crippen LogP) is 2.46. The van der Waals surface area contributed by atoms with Gasteiger partial charge in [0.15, 0.2) is 0 Å². The van der Waals surface area contributed by atoms with Crippen molar-refractivity contribution in [3.63, 3.8) is 0 Å². The van der Waals surface area contributed by atoms with Crippen LogP contribution < -0.4 is 9.64 Å². The first-order valence-corrected chi connectivity index (χ1v) is 6.90. The number of carbonyl (C=O) groups excluding carboxylic acids is 1. The average molecular weight is 297 g/mol. The second-order valence-electron chi connectivity index (χ2n) is 5.29. The molecule has 1 aliphatic heterocycles. The fourth-order valence-electron chi connectivity index (χ4n) is 2.46. The Morgan fingerprint density at radius 1 is 1.14 bits per heavy atom. The quantitative estimate of drug-likeness (QED) is 0.884. The number of carboxylic acid groups (broad SMARTS) is 1. The van der Waals surface area contributed by atoms with Crippen LogP contribution in [0.2, 0.25) is 0 Å². The van der Waals surface area contributed by atoms with Gasteiger partial charge in [0.05, 0.1) is 12.2 Å². The molecule has 5 heteroatoms. The summed E-state index contributed by atoms with van der Waals surface area (Å²) >= 11 is 0. The molecule has 0 fully saturated rings. The summed E-state index contributed by atoms with van der Waals surface area (Å²) < 4.78 is 5.47. The molecular formula is C17H15NO4. The molecule has 5 nitrogen and oxygen atoms in total. The lowest BCUT2D eigenvalue weighted by atomic mass is 10.0. The lowest BCUT2D eigenvalue weighted by molar-refractivity contribution is -0.161. The Labute approximate surface area is 127 Å². The van der Waals surface area contributed by atoms with E-state index in [0.717, 1.165) is 5.56 Å². The van der Waals surface area contributed by atoms with Crippen molar-refractivity contribution >= 4 is 17.6 Å². The molecule has 1 heterocycles. The van der Waals surface area contributed by atoms with Gasteiger partial charge in [-0.15, -0.1) is 0 Å². The maximum absolute atomic E-state index is 12.7. The van der Waals surface area contributed by atoms with Crippen molar-refractivity contribution in [2.45, 2.75) is 19.1 Å². The molecule has 1 atom stereocenters. The predicted molar refractivity (Wildman–Crippen MR) is 80.7 cm³/mol. The zero-order valence-electron chi connectivity index (χ0n) is 12.0. The van der Waals surface area contributed by atoms with E-state index in [4.69, 9.17) is 4.74 Å². The van der Waals surface area contributed by atoms with Gasteiger partial charge in [-0.05, 0) is 24.6 Å². The zero-order valence-corrected chi connectivity index (χ0v) is 12.0. The summed E-state index contributed by atoms with van der Waals surface area (Å²) in [4.78, 5) is 25.7. The molecule has 22 heavy (non-hydrogen) atoms. The number of carboxylic acids is 1. The molecule has 0 aromatic heterocycles. The molecule has 112 valence electrons. The molecule has 0 saturated carbocycles. The average Bonchev–Trinajstić information content (AvgIpc) is 2.52. The Balaban J connectivity index is 2.06. The highest BCUT2D eigenvalue weighted by Crippen LogP contribution is 2.38. The van der Waals surface area contributed by atoms with Crippen molar-refractivity contribution in [1.82, 2.24) is 0 Å². The lowest BCUT2D eigenvalue weighted by Gasteiger charge is -2.38. The second-order valence-corrected chi connectivity index (χ2v) is 5.29. The lowest BCUT2D eigenvalue weighted by Crippen LogP contribution is -2.58. The SMILES string of the molecule is C[C@@]1(C(=O)O)Oc2ccccc2N(Cc2ccccc2)C1=O. The first-order valence-electron chi connectivity index (χ1n) is 6.90. The van der Waals surface area contributed by atoms with E-state index in [0.29, 0.717) is 18.0 Å². The minimum Gasteiger partial charge on any atom is -0.478 e. The summed E-state index contributed by atoms with van der Waals surface area (Å²) in [6.07, 6.45) is 0. The molecule has 2 aromatic rings. The van der Waals surface area contributed by atoms with Gasteiger partial charge in [0.1, 0.15) is 5.75 Å². The second kappa shape index (κ2) is 5.18. The molecule has 0 bridgehead atoms. The van der Waals surface area contributed by atoms with Crippen LogP contribution in [0, 0.1) is 0 Å². The summed E-state index contributed by atoms with van der Waals surface area (Å²) in [6.45, 7) is 1.58. The van der Waals surface area contributed by atoms with Crippen LogP contribution in [0.4, 0.5) is 5.69 Å². The Hall–Kier alpha value is -2.82. The van der Waals surface area contributed by atoms with E-state index in [2.05, 4.69) is 0 Å². The van der Waals surface area contributed by atoms with E-state index < -0.39 is 17.5 Å². The van der Waals surface area contributed by atoms with E-state index in [1.54, 1.807) is 24.3 Å². The zero-order chi connectivity index (χ0) is 15.7. The molecule has 0 aliphatic carbocycles. The molecule has 1 amide bonds. The van der Waals surface area contributed by atoms with E-state index in [-0.39, 0.29) is 0 Å². The number of hydrogen-bond donors (Lipinski definition) is 1. The summed E-state index contributed by atoms with van der Waals surface area (Å²) in [5.74, 6) is -1.49. The van der Waals surface area contributed by atoms with Crippen molar-refractivity contribution in [2.24, 2.45) is 0 Å². The fraction of sp³-hybridized carbons (Fsp3) is 0.176. The van der Waals surface area contributed by atoms with Crippen molar-refractivity contribution in [3.8, 4) is 5.75 Å². The molecule has 0 unspecified atom stereocenters. The van der Waals surface area contributed by atoms with Crippen LogP contribution in [0.15, 0.2) is 54.6 Å². The fourth-order valence-corrected chi connectivity index (χ4v) is 2.46. The molecule has 0 radical (unpaired) electrons. The van der Waals surface area contributed by atoms with Crippen molar-refractivity contribution in [1.29, 1.82) is 0 Å². The largest absolute Gasteiger partial charge is 0.478 e. The Morgan fingerprint density at radius 3 is 2.45 bits per heavy atom. The standard InChI is InChI=1S/C17H15NO4/c1-17(16(20)21)15(19)18(11-12-7-3-2-4-8-12)13-9-5-6-10-14(13)22-17/h2-10H,11H2,1H3,(H,20,21)/t17-/m1/s1. The number of nitrogens with zero attached hydrogens (tertiary/aromatic N) is 1. The van der Waals surface area contributed by atoms with E-state index in [1.807, 2.05) is 30.3 Å². The highest BCUT2D eigenvalue weighted by molar-refractivity contribution is 6.14. The van der Waals surface area contributed by atoms with Gasteiger partial charge in [-0.1, -0.05) is 42.5 Å². The number of fused-ring (bicyclic) bond motifs is 1. The van der Waals surface area contributed by atoms with Gasteiger partial charge < -0.3 is 14.7 Å². The number of hydrogen-bond acceptors (Lipinski definition) is 3. The van der Waals surface area contributed by atoms with Gasteiger partial charge in [-0.3, -0.25) is 4.79 Å². The molecule has 2 aromatic carbocycles. The van der Waals surface area contributed by atoms with Gasteiger partial charge in [0, 0.05) is 0 Å². The highest BCUT2D eigenvalue weighted by Gasteiger charge is 2.50. The maximum atomic E-state index is 12.7. The summed E-state index contributed by atoms with van der Waals surface area (Å²) in [5, 5.41) is 9.40. The number of benzene rings is 2.